The van der Waals surface area contributed by atoms with Gasteiger partial charge < -0.3 is 4.55 Å². The summed E-state index contributed by atoms with van der Waals surface area (Å²) in [5.41, 5.74) is 1.06. The van der Waals surface area contributed by atoms with E-state index in [1.807, 2.05) is 31.2 Å². The van der Waals surface area contributed by atoms with Crippen molar-refractivity contribution in [2.45, 2.75) is 11.8 Å². The summed E-state index contributed by atoms with van der Waals surface area (Å²) in [5.74, 6) is 0. The fraction of sp³-hybridized carbons (Fsp3) is 0.143. The second-order valence-corrected chi connectivity index (χ2v) is 3.90. The molecule has 0 aliphatic carbocycles. The van der Waals surface area contributed by atoms with E-state index in [1.165, 1.54) is 0 Å². The van der Waals surface area contributed by atoms with E-state index < -0.39 is 9.74 Å². The lowest BCUT2D eigenvalue weighted by atomic mass is 10.2. The van der Waals surface area contributed by atoms with Crippen molar-refractivity contribution in [1.29, 1.82) is 0 Å². The molecule has 1 aromatic rings. The third-order valence-electron chi connectivity index (χ3n) is 1.28. The van der Waals surface area contributed by atoms with Gasteiger partial charge in [0.1, 0.15) is 0 Å². The molecule has 0 amide bonds. The number of aryl methyl sites for hydroxylation is 1. The lowest BCUT2D eigenvalue weighted by molar-refractivity contribution is 0.655. The molecule has 0 aliphatic rings. The molecular weight excluding hydrogens is 164 g/mol. The lowest BCUT2D eigenvalue weighted by Gasteiger charge is -1.99. The van der Waals surface area contributed by atoms with Crippen molar-refractivity contribution in [1.82, 2.24) is 0 Å². The minimum Gasteiger partial charge on any atom is -0.323 e. The van der Waals surface area contributed by atoms with Gasteiger partial charge in [-0.15, -0.1) is 0 Å². The first kappa shape index (κ1) is 7.85. The SMILES string of the molecule is Cc1ccccc1S(O)=S. The summed E-state index contributed by atoms with van der Waals surface area (Å²) in [7, 11) is -1.01. The molecular formula is C7H8OS2. The summed E-state index contributed by atoms with van der Waals surface area (Å²) in [4.78, 5) is 0.859. The average molecular weight is 172 g/mol. The van der Waals surface area contributed by atoms with Crippen LogP contribution in [0.4, 0.5) is 0 Å². The predicted octanol–water partition coefficient (Wildman–Crippen LogP) is 1.91. The molecule has 1 unspecified atom stereocenters. The van der Waals surface area contributed by atoms with Crippen molar-refractivity contribution in [2.24, 2.45) is 0 Å². The van der Waals surface area contributed by atoms with E-state index in [0.29, 0.717) is 0 Å². The molecule has 54 valence electrons. The van der Waals surface area contributed by atoms with Gasteiger partial charge in [0, 0.05) is 14.6 Å². The first-order valence-electron chi connectivity index (χ1n) is 2.88. The van der Waals surface area contributed by atoms with Crippen LogP contribution in [-0.4, -0.2) is 4.55 Å². The molecule has 1 rings (SSSR count). The van der Waals surface area contributed by atoms with Crippen molar-refractivity contribution in [2.75, 3.05) is 0 Å². The van der Waals surface area contributed by atoms with Crippen LogP contribution in [0.15, 0.2) is 29.2 Å². The molecule has 0 saturated carbocycles. The van der Waals surface area contributed by atoms with Crippen LogP contribution in [0.2, 0.25) is 0 Å². The van der Waals surface area contributed by atoms with E-state index in [9.17, 15) is 0 Å². The van der Waals surface area contributed by atoms with Gasteiger partial charge in [0.2, 0.25) is 0 Å². The average Bonchev–Trinajstić information content (AvgIpc) is 1.88. The molecule has 1 atom stereocenters. The van der Waals surface area contributed by atoms with Gasteiger partial charge in [0.15, 0.2) is 0 Å². The molecule has 10 heavy (non-hydrogen) atoms. The van der Waals surface area contributed by atoms with Gasteiger partial charge in [0.25, 0.3) is 0 Å². The summed E-state index contributed by atoms with van der Waals surface area (Å²) in [6, 6.07) is 7.61. The van der Waals surface area contributed by atoms with Crippen molar-refractivity contribution in [3.8, 4) is 0 Å². The molecule has 1 nitrogen and oxygen atoms in total. The zero-order chi connectivity index (χ0) is 7.56. The Morgan fingerprint density at radius 1 is 1.40 bits per heavy atom. The summed E-state index contributed by atoms with van der Waals surface area (Å²) in [5, 5.41) is 0. The smallest absolute Gasteiger partial charge is 0.0407 e. The number of hydrogen-bond acceptors (Lipinski definition) is 1. The fourth-order valence-corrected chi connectivity index (χ4v) is 1.85. The lowest BCUT2D eigenvalue weighted by Crippen LogP contribution is -1.88. The third kappa shape index (κ3) is 1.62. The van der Waals surface area contributed by atoms with Crippen LogP contribution in [-0.2, 0) is 20.9 Å². The molecule has 0 fully saturated rings. The summed E-state index contributed by atoms with van der Waals surface area (Å²) >= 11 is 4.72. The predicted molar refractivity (Wildman–Crippen MR) is 46.8 cm³/mol. The van der Waals surface area contributed by atoms with Gasteiger partial charge in [-0.05, 0) is 29.7 Å². The summed E-state index contributed by atoms with van der Waals surface area (Å²) in [6.45, 7) is 1.94. The molecule has 0 spiro atoms. The van der Waals surface area contributed by atoms with Crippen molar-refractivity contribution in [3.63, 3.8) is 0 Å². The molecule has 1 aromatic carbocycles. The van der Waals surface area contributed by atoms with E-state index in [4.69, 9.17) is 15.7 Å². The highest BCUT2D eigenvalue weighted by Crippen LogP contribution is 2.09. The highest BCUT2D eigenvalue weighted by atomic mass is 32.8. The van der Waals surface area contributed by atoms with E-state index in [-0.39, 0.29) is 0 Å². The normalized spacial score (nSPS) is 13.0. The third-order valence-corrected chi connectivity index (χ3v) is 2.65. The Morgan fingerprint density at radius 2 is 2.00 bits per heavy atom. The fourth-order valence-electron chi connectivity index (χ4n) is 0.752. The Kier molecular flexibility index (Phi) is 2.54. The Bertz CT molecular complexity index is 258. The molecule has 3 heteroatoms. The standard InChI is InChI=1S/C7H8OS2/c1-6-4-2-3-5-7(6)10(8)9/h2-5H,1H3,(H,8,9). The van der Waals surface area contributed by atoms with Crippen molar-refractivity contribution >= 4 is 20.9 Å². The molecule has 0 saturated heterocycles. The maximum atomic E-state index is 9.05. The highest BCUT2D eigenvalue weighted by Gasteiger charge is 1.96. The molecule has 0 radical (unpaired) electrons. The Morgan fingerprint density at radius 3 is 2.40 bits per heavy atom. The van der Waals surface area contributed by atoms with Gasteiger partial charge in [0.05, 0.1) is 0 Å². The van der Waals surface area contributed by atoms with Gasteiger partial charge >= 0.3 is 0 Å². The van der Waals surface area contributed by atoms with Gasteiger partial charge in [-0.3, -0.25) is 0 Å². The highest BCUT2D eigenvalue weighted by molar-refractivity contribution is 8.25. The van der Waals surface area contributed by atoms with E-state index in [1.54, 1.807) is 0 Å². The number of hydrogen-bond donors (Lipinski definition) is 1. The molecule has 1 N–H and O–H groups in total. The largest absolute Gasteiger partial charge is 0.323 e. The minimum atomic E-state index is -1.01. The summed E-state index contributed by atoms with van der Waals surface area (Å²) in [6.07, 6.45) is 0. The zero-order valence-electron chi connectivity index (χ0n) is 5.57. The zero-order valence-corrected chi connectivity index (χ0v) is 7.21. The molecule has 0 aromatic heterocycles. The van der Waals surface area contributed by atoms with Crippen LogP contribution in [0.5, 0.6) is 0 Å². The minimum absolute atomic E-state index is 0.859. The van der Waals surface area contributed by atoms with Crippen LogP contribution in [0.1, 0.15) is 5.56 Å². The summed E-state index contributed by atoms with van der Waals surface area (Å²) < 4.78 is 9.05. The maximum Gasteiger partial charge on any atom is 0.0407 e. The van der Waals surface area contributed by atoms with Crippen LogP contribution in [0.25, 0.3) is 0 Å². The second kappa shape index (κ2) is 3.23. The van der Waals surface area contributed by atoms with E-state index >= 15 is 0 Å². The van der Waals surface area contributed by atoms with Gasteiger partial charge in [-0.2, -0.15) is 0 Å². The number of rotatable bonds is 1. The van der Waals surface area contributed by atoms with Crippen molar-refractivity contribution < 1.29 is 4.55 Å². The quantitative estimate of drug-likeness (QED) is 0.698. The first-order chi connectivity index (χ1) is 4.72. The van der Waals surface area contributed by atoms with Crippen LogP contribution in [0.3, 0.4) is 0 Å². The van der Waals surface area contributed by atoms with Gasteiger partial charge in [-0.25, -0.2) is 0 Å². The van der Waals surface area contributed by atoms with E-state index in [0.717, 1.165) is 10.5 Å². The topological polar surface area (TPSA) is 20.2 Å². The molecule has 0 aliphatic heterocycles. The van der Waals surface area contributed by atoms with Crippen LogP contribution in [0, 0.1) is 6.92 Å². The van der Waals surface area contributed by atoms with Crippen molar-refractivity contribution in [3.05, 3.63) is 29.8 Å². The van der Waals surface area contributed by atoms with Crippen LogP contribution >= 0.6 is 0 Å². The van der Waals surface area contributed by atoms with Gasteiger partial charge in [-0.1, -0.05) is 18.2 Å². The Balaban J connectivity index is 3.15. The Hall–Kier alpha value is -0.250. The number of benzene rings is 1. The van der Waals surface area contributed by atoms with E-state index in [2.05, 4.69) is 0 Å². The second-order valence-electron chi connectivity index (χ2n) is 2.01. The first-order valence-corrected chi connectivity index (χ1v) is 4.99. The molecule has 0 bridgehead atoms. The monoisotopic (exact) mass is 172 g/mol. The Labute approximate surface area is 67.5 Å². The maximum absolute atomic E-state index is 9.05. The van der Waals surface area contributed by atoms with Crippen LogP contribution < -0.4 is 0 Å². The molecule has 0 heterocycles.